The van der Waals surface area contributed by atoms with Crippen LogP contribution in [0.2, 0.25) is 0 Å². The average molecular weight is 370 g/mol. The molecule has 5 nitrogen and oxygen atoms in total. The van der Waals surface area contributed by atoms with Crippen molar-refractivity contribution < 1.29 is 9.53 Å². The number of thioether (sulfide) groups is 2. The molecule has 0 spiro atoms. The van der Waals surface area contributed by atoms with Gasteiger partial charge in [-0.05, 0) is 43.9 Å². The van der Waals surface area contributed by atoms with Crippen molar-refractivity contribution in [3.63, 3.8) is 0 Å². The van der Waals surface area contributed by atoms with Crippen molar-refractivity contribution in [1.82, 2.24) is 10.2 Å². The first-order valence-corrected chi connectivity index (χ1v) is 9.97. The number of anilines is 1. The third kappa shape index (κ3) is 5.71. The Labute approximate surface area is 148 Å². The highest BCUT2D eigenvalue weighted by Crippen LogP contribution is 2.31. The second-order valence-electron chi connectivity index (χ2n) is 4.47. The van der Waals surface area contributed by atoms with E-state index < -0.39 is 0 Å². The number of ether oxygens (including phenoxy) is 1. The molecule has 124 valence electrons. The standard InChI is InChI=1S/C15H19N3O2S3/c1-4-20-12-8-6-11(7-9-12)16-13(19)10(3)22-15-18-17-14(23-15)21-5-2/h6-10H,4-5H2,1-3H3,(H,16,19)/t10-/m0/s1. The lowest BCUT2D eigenvalue weighted by molar-refractivity contribution is -0.115. The van der Waals surface area contributed by atoms with Gasteiger partial charge in [-0.15, -0.1) is 10.2 Å². The summed E-state index contributed by atoms with van der Waals surface area (Å²) in [6, 6.07) is 7.36. The highest BCUT2D eigenvalue weighted by Gasteiger charge is 2.17. The molecule has 0 aliphatic carbocycles. The van der Waals surface area contributed by atoms with Crippen LogP contribution in [-0.4, -0.2) is 33.7 Å². The molecule has 2 aromatic rings. The zero-order valence-electron chi connectivity index (χ0n) is 13.2. The topological polar surface area (TPSA) is 64.1 Å². The van der Waals surface area contributed by atoms with Gasteiger partial charge in [0, 0.05) is 5.69 Å². The molecule has 0 aliphatic rings. The van der Waals surface area contributed by atoms with E-state index in [1.165, 1.54) is 23.1 Å². The lowest BCUT2D eigenvalue weighted by atomic mass is 10.3. The summed E-state index contributed by atoms with van der Waals surface area (Å²) in [7, 11) is 0. The molecule has 23 heavy (non-hydrogen) atoms. The zero-order valence-corrected chi connectivity index (χ0v) is 15.7. The minimum absolute atomic E-state index is 0.0564. The number of hydrogen-bond acceptors (Lipinski definition) is 7. The lowest BCUT2D eigenvalue weighted by Gasteiger charge is -2.11. The van der Waals surface area contributed by atoms with Gasteiger partial charge in [-0.3, -0.25) is 4.79 Å². The number of nitrogens with zero attached hydrogens (tertiary/aromatic N) is 2. The predicted molar refractivity (Wildman–Crippen MR) is 97.9 cm³/mol. The Morgan fingerprint density at radius 3 is 2.61 bits per heavy atom. The fraction of sp³-hybridized carbons (Fsp3) is 0.400. The number of hydrogen-bond donors (Lipinski definition) is 1. The Balaban J connectivity index is 1.88. The maximum absolute atomic E-state index is 12.2. The molecule has 0 radical (unpaired) electrons. The fourth-order valence-electron chi connectivity index (χ4n) is 1.68. The molecule has 1 amide bonds. The van der Waals surface area contributed by atoms with Crippen LogP contribution in [0.5, 0.6) is 5.75 Å². The minimum Gasteiger partial charge on any atom is -0.494 e. The first-order valence-electron chi connectivity index (χ1n) is 7.29. The number of rotatable bonds is 8. The fourth-order valence-corrected chi connectivity index (χ4v) is 4.74. The Kier molecular flexibility index (Phi) is 7.19. The number of benzene rings is 1. The first kappa shape index (κ1) is 18.1. The number of carbonyl (C=O) groups is 1. The molecule has 1 heterocycles. The summed E-state index contributed by atoms with van der Waals surface area (Å²) in [5.41, 5.74) is 0.755. The van der Waals surface area contributed by atoms with E-state index in [0.717, 1.165) is 25.9 Å². The quantitative estimate of drug-likeness (QED) is 0.705. The SMILES string of the molecule is CCOc1ccc(NC(=O)[C@H](C)Sc2nnc(SCC)s2)cc1. The molecule has 0 aliphatic heterocycles. The van der Waals surface area contributed by atoms with E-state index in [0.29, 0.717) is 6.61 Å². The van der Waals surface area contributed by atoms with Gasteiger partial charge in [-0.25, -0.2) is 0 Å². The first-order chi connectivity index (χ1) is 11.1. The van der Waals surface area contributed by atoms with Crippen molar-refractivity contribution >= 4 is 46.5 Å². The Bertz CT molecular complexity index is 631. The van der Waals surface area contributed by atoms with Gasteiger partial charge >= 0.3 is 0 Å². The normalized spacial score (nSPS) is 12.0. The van der Waals surface area contributed by atoms with Crippen LogP contribution in [0.1, 0.15) is 20.8 Å². The Hall–Kier alpha value is -1.25. The van der Waals surface area contributed by atoms with Crippen LogP contribution in [-0.2, 0) is 4.79 Å². The summed E-state index contributed by atoms with van der Waals surface area (Å²) in [5.74, 6) is 1.70. The number of nitrogens with one attached hydrogen (secondary N) is 1. The predicted octanol–water partition coefficient (Wildman–Crippen LogP) is 4.17. The number of carbonyl (C=O) groups excluding carboxylic acids is 1. The maximum Gasteiger partial charge on any atom is 0.237 e. The van der Waals surface area contributed by atoms with Crippen molar-refractivity contribution in [2.24, 2.45) is 0 Å². The monoisotopic (exact) mass is 369 g/mol. The van der Waals surface area contributed by atoms with E-state index in [9.17, 15) is 4.79 Å². The van der Waals surface area contributed by atoms with E-state index in [4.69, 9.17) is 4.74 Å². The molecule has 0 saturated heterocycles. The van der Waals surface area contributed by atoms with E-state index in [-0.39, 0.29) is 11.2 Å². The van der Waals surface area contributed by atoms with Gasteiger partial charge in [0.1, 0.15) is 5.75 Å². The number of aromatic nitrogens is 2. The summed E-state index contributed by atoms with van der Waals surface area (Å²) in [5, 5.41) is 10.9. The molecule has 0 unspecified atom stereocenters. The van der Waals surface area contributed by atoms with Gasteiger partial charge in [-0.2, -0.15) is 0 Å². The van der Waals surface area contributed by atoms with Crippen molar-refractivity contribution in [3.05, 3.63) is 24.3 Å². The van der Waals surface area contributed by atoms with Crippen LogP contribution in [0.25, 0.3) is 0 Å². The molecule has 1 aromatic heterocycles. The average Bonchev–Trinajstić information content (AvgIpc) is 2.97. The molecule has 1 atom stereocenters. The molecule has 1 N–H and O–H groups in total. The minimum atomic E-state index is -0.242. The highest BCUT2D eigenvalue weighted by atomic mass is 32.2. The van der Waals surface area contributed by atoms with Crippen LogP contribution < -0.4 is 10.1 Å². The van der Waals surface area contributed by atoms with Gasteiger partial charge in [0.15, 0.2) is 8.68 Å². The van der Waals surface area contributed by atoms with Crippen molar-refractivity contribution in [1.29, 1.82) is 0 Å². The molecular formula is C15H19N3O2S3. The van der Waals surface area contributed by atoms with Crippen LogP contribution in [0.4, 0.5) is 5.69 Å². The molecule has 2 rings (SSSR count). The van der Waals surface area contributed by atoms with E-state index in [1.807, 2.05) is 38.1 Å². The molecule has 8 heteroatoms. The smallest absolute Gasteiger partial charge is 0.237 e. The van der Waals surface area contributed by atoms with Gasteiger partial charge in [-0.1, -0.05) is 41.8 Å². The summed E-state index contributed by atoms with van der Waals surface area (Å²) >= 11 is 4.61. The third-order valence-corrected chi connectivity index (χ3v) is 5.86. The Morgan fingerprint density at radius 2 is 1.96 bits per heavy atom. The van der Waals surface area contributed by atoms with Crippen molar-refractivity contribution in [3.8, 4) is 5.75 Å². The second-order valence-corrected chi connectivity index (χ2v) is 8.55. The summed E-state index contributed by atoms with van der Waals surface area (Å²) < 4.78 is 7.14. The van der Waals surface area contributed by atoms with Crippen LogP contribution in [0.3, 0.4) is 0 Å². The van der Waals surface area contributed by atoms with Crippen LogP contribution >= 0.6 is 34.9 Å². The molecule has 0 bridgehead atoms. The van der Waals surface area contributed by atoms with Crippen molar-refractivity contribution in [2.45, 2.75) is 34.7 Å². The molecule has 0 fully saturated rings. The maximum atomic E-state index is 12.2. The second kappa shape index (κ2) is 9.14. The largest absolute Gasteiger partial charge is 0.494 e. The molecule has 0 saturated carbocycles. The molecular weight excluding hydrogens is 350 g/mol. The third-order valence-electron chi connectivity index (χ3n) is 2.74. The van der Waals surface area contributed by atoms with Gasteiger partial charge < -0.3 is 10.1 Å². The summed E-state index contributed by atoms with van der Waals surface area (Å²) in [4.78, 5) is 12.2. The highest BCUT2D eigenvalue weighted by molar-refractivity contribution is 8.03. The van der Waals surface area contributed by atoms with Crippen LogP contribution in [0, 0.1) is 0 Å². The van der Waals surface area contributed by atoms with Crippen LogP contribution in [0.15, 0.2) is 32.9 Å². The number of amides is 1. The Morgan fingerprint density at radius 1 is 1.26 bits per heavy atom. The van der Waals surface area contributed by atoms with E-state index >= 15 is 0 Å². The zero-order chi connectivity index (χ0) is 16.7. The van der Waals surface area contributed by atoms with Crippen molar-refractivity contribution in [2.75, 3.05) is 17.7 Å². The van der Waals surface area contributed by atoms with E-state index in [2.05, 4.69) is 22.4 Å². The summed E-state index contributed by atoms with van der Waals surface area (Å²) in [6.45, 7) is 6.50. The van der Waals surface area contributed by atoms with Gasteiger partial charge in [0.05, 0.1) is 11.9 Å². The van der Waals surface area contributed by atoms with Gasteiger partial charge in [0.2, 0.25) is 5.91 Å². The molecule has 1 aromatic carbocycles. The summed E-state index contributed by atoms with van der Waals surface area (Å²) in [6.07, 6.45) is 0. The lowest BCUT2D eigenvalue weighted by Crippen LogP contribution is -2.22. The van der Waals surface area contributed by atoms with E-state index in [1.54, 1.807) is 11.8 Å². The van der Waals surface area contributed by atoms with Gasteiger partial charge in [0.25, 0.3) is 0 Å².